The van der Waals surface area contributed by atoms with Crippen molar-refractivity contribution >= 4 is 17.5 Å². The van der Waals surface area contributed by atoms with E-state index in [4.69, 9.17) is 0 Å². The Hall–Kier alpha value is -3.28. The number of amides is 1. The molecule has 1 amide bonds. The van der Waals surface area contributed by atoms with Crippen LogP contribution in [-0.2, 0) is 6.54 Å². The van der Waals surface area contributed by atoms with Crippen molar-refractivity contribution in [1.82, 2.24) is 20.3 Å². The molecule has 0 bridgehead atoms. The first-order valence-electron chi connectivity index (χ1n) is 8.49. The van der Waals surface area contributed by atoms with Crippen LogP contribution in [0.25, 0.3) is 0 Å². The van der Waals surface area contributed by atoms with Gasteiger partial charge in [-0.2, -0.15) is 0 Å². The summed E-state index contributed by atoms with van der Waals surface area (Å²) in [5.74, 6) is 0.508. The van der Waals surface area contributed by atoms with Crippen molar-refractivity contribution < 1.29 is 4.79 Å². The van der Waals surface area contributed by atoms with E-state index in [-0.39, 0.29) is 5.91 Å². The van der Waals surface area contributed by atoms with E-state index in [1.54, 1.807) is 24.7 Å². The van der Waals surface area contributed by atoms with Gasteiger partial charge in [0.2, 0.25) is 5.95 Å². The van der Waals surface area contributed by atoms with Gasteiger partial charge >= 0.3 is 0 Å². The molecular formula is C20H21N5O. The van der Waals surface area contributed by atoms with Crippen molar-refractivity contribution in [3.8, 4) is 0 Å². The normalized spacial score (nSPS) is 10.6. The summed E-state index contributed by atoms with van der Waals surface area (Å²) >= 11 is 0. The van der Waals surface area contributed by atoms with Crippen molar-refractivity contribution in [2.75, 3.05) is 5.32 Å². The van der Waals surface area contributed by atoms with E-state index in [2.05, 4.69) is 45.5 Å². The van der Waals surface area contributed by atoms with Crippen LogP contribution < -0.4 is 10.6 Å². The van der Waals surface area contributed by atoms with E-state index in [9.17, 15) is 4.79 Å². The zero-order chi connectivity index (χ0) is 18.4. The predicted octanol–water partition coefficient (Wildman–Crippen LogP) is 3.67. The summed E-state index contributed by atoms with van der Waals surface area (Å²) in [5, 5.41) is 6.05. The standard InChI is InChI=1S/C20H21N5O/c1-14(2)16-7-3-4-8-17(16)24-20-22-11-9-18(25-20)19(26)23-13-15-6-5-10-21-12-15/h3-12,14H,13H2,1-2H3,(H,23,26)(H,22,24,25). The van der Waals surface area contributed by atoms with Crippen LogP contribution in [-0.4, -0.2) is 20.9 Å². The average molecular weight is 347 g/mol. The zero-order valence-electron chi connectivity index (χ0n) is 14.8. The number of para-hydroxylation sites is 1. The average Bonchev–Trinajstić information content (AvgIpc) is 2.67. The molecule has 0 aliphatic rings. The minimum atomic E-state index is -0.253. The van der Waals surface area contributed by atoms with Crippen LogP contribution >= 0.6 is 0 Å². The summed E-state index contributed by atoms with van der Waals surface area (Å²) < 4.78 is 0. The lowest BCUT2D eigenvalue weighted by atomic mass is 10.0. The Morgan fingerprint density at radius 3 is 2.69 bits per heavy atom. The second-order valence-corrected chi connectivity index (χ2v) is 6.18. The van der Waals surface area contributed by atoms with Crippen LogP contribution in [0.15, 0.2) is 61.1 Å². The smallest absolute Gasteiger partial charge is 0.270 e. The Morgan fingerprint density at radius 2 is 1.92 bits per heavy atom. The SMILES string of the molecule is CC(C)c1ccccc1Nc1nccc(C(=O)NCc2cccnc2)n1. The van der Waals surface area contributed by atoms with E-state index >= 15 is 0 Å². The number of carbonyl (C=O) groups excluding carboxylic acids is 1. The molecule has 0 saturated heterocycles. The predicted molar refractivity (Wildman–Crippen MR) is 101 cm³/mol. The number of hydrogen-bond acceptors (Lipinski definition) is 5. The maximum atomic E-state index is 12.3. The third-order valence-electron chi connectivity index (χ3n) is 3.89. The van der Waals surface area contributed by atoms with Crippen LogP contribution in [0.3, 0.4) is 0 Å². The van der Waals surface area contributed by atoms with E-state index in [0.717, 1.165) is 11.3 Å². The summed E-state index contributed by atoms with van der Waals surface area (Å²) in [4.78, 5) is 24.9. The molecule has 3 aromatic rings. The highest BCUT2D eigenvalue weighted by atomic mass is 16.1. The highest BCUT2D eigenvalue weighted by Gasteiger charge is 2.11. The quantitative estimate of drug-likeness (QED) is 0.711. The molecule has 6 nitrogen and oxygen atoms in total. The van der Waals surface area contributed by atoms with Gasteiger partial charge < -0.3 is 10.6 Å². The molecular weight excluding hydrogens is 326 g/mol. The van der Waals surface area contributed by atoms with Gasteiger partial charge in [-0.1, -0.05) is 38.1 Å². The van der Waals surface area contributed by atoms with Gasteiger partial charge in [0.1, 0.15) is 5.69 Å². The first kappa shape index (κ1) is 17.5. The van der Waals surface area contributed by atoms with Gasteiger partial charge in [0.05, 0.1) is 0 Å². The highest BCUT2D eigenvalue weighted by Crippen LogP contribution is 2.25. The molecule has 26 heavy (non-hydrogen) atoms. The van der Waals surface area contributed by atoms with Gasteiger partial charge in [-0.05, 0) is 35.2 Å². The molecule has 0 atom stereocenters. The number of benzene rings is 1. The molecule has 132 valence electrons. The molecule has 0 fully saturated rings. The van der Waals surface area contributed by atoms with Crippen molar-refractivity contribution in [2.45, 2.75) is 26.3 Å². The first-order chi connectivity index (χ1) is 12.6. The number of anilines is 2. The van der Waals surface area contributed by atoms with E-state index in [1.165, 1.54) is 5.56 Å². The lowest BCUT2D eigenvalue weighted by Gasteiger charge is -2.13. The molecule has 1 aromatic carbocycles. The minimum absolute atomic E-state index is 0.253. The molecule has 3 rings (SSSR count). The number of pyridine rings is 1. The topological polar surface area (TPSA) is 79.8 Å². The first-order valence-corrected chi connectivity index (χ1v) is 8.49. The van der Waals surface area contributed by atoms with E-state index in [1.807, 2.05) is 30.3 Å². The maximum Gasteiger partial charge on any atom is 0.270 e. The Kier molecular flexibility index (Phi) is 5.53. The molecule has 2 heterocycles. The summed E-state index contributed by atoms with van der Waals surface area (Å²) in [6, 6.07) is 13.3. The summed E-state index contributed by atoms with van der Waals surface area (Å²) in [6.45, 7) is 4.66. The number of nitrogens with one attached hydrogen (secondary N) is 2. The van der Waals surface area contributed by atoms with Gasteiger partial charge in [0.15, 0.2) is 0 Å². The van der Waals surface area contributed by atoms with Crippen LogP contribution in [0.2, 0.25) is 0 Å². The van der Waals surface area contributed by atoms with Crippen LogP contribution in [0, 0.1) is 0 Å². The van der Waals surface area contributed by atoms with E-state index in [0.29, 0.717) is 24.1 Å². The second-order valence-electron chi connectivity index (χ2n) is 6.18. The van der Waals surface area contributed by atoms with Gasteiger partial charge in [0, 0.05) is 30.8 Å². The van der Waals surface area contributed by atoms with Crippen molar-refractivity contribution in [3.63, 3.8) is 0 Å². The minimum Gasteiger partial charge on any atom is -0.347 e. The Balaban J connectivity index is 1.71. The lowest BCUT2D eigenvalue weighted by Crippen LogP contribution is -2.24. The maximum absolute atomic E-state index is 12.3. The monoisotopic (exact) mass is 347 g/mol. The van der Waals surface area contributed by atoms with Crippen LogP contribution in [0.4, 0.5) is 11.6 Å². The molecule has 0 saturated carbocycles. The molecule has 0 radical (unpaired) electrons. The van der Waals surface area contributed by atoms with Gasteiger partial charge in [-0.15, -0.1) is 0 Å². The number of nitrogens with zero attached hydrogens (tertiary/aromatic N) is 3. The van der Waals surface area contributed by atoms with Gasteiger partial charge in [-0.3, -0.25) is 9.78 Å². The zero-order valence-corrected chi connectivity index (χ0v) is 14.8. The third kappa shape index (κ3) is 4.42. The molecule has 2 N–H and O–H groups in total. The molecule has 2 aromatic heterocycles. The Morgan fingerprint density at radius 1 is 1.08 bits per heavy atom. The van der Waals surface area contributed by atoms with Gasteiger partial charge in [0.25, 0.3) is 5.91 Å². The van der Waals surface area contributed by atoms with Crippen molar-refractivity contribution in [3.05, 3.63) is 77.9 Å². The Labute approximate surface area is 152 Å². The fourth-order valence-corrected chi connectivity index (χ4v) is 2.56. The molecule has 0 aliphatic carbocycles. The molecule has 0 aliphatic heterocycles. The largest absolute Gasteiger partial charge is 0.347 e. The fraction of sp³-hybridized carbons (Fsp3) is 0.200. The molecule has 0 unspecified atom stereocenters. The van der Waals surface area contributed by atoms with Crippen LogP contribution in [0.1, 0.15) is 41.4 Å². The summed E-state index contributed by atoms with van der Waals surface area (Å²) in [5.41, 5.74) is 3.35. The lowest BCUT2D eigenvalue weighted by molar-refractivity contribution is 0.0946. The third-order valence-corrected chi connectivity index (χ3v) is 3.89. The van der Waals surface area contributed by atoms with Crippen molar-refractivity contribution in [1.29, 1.82) is 0 Å². The van der Waals surface area contributed by atoms with Crippen molar-refractivity contribution in [2.24, 2.45) is 0 Å². The van der Waals surface area contributed by atoms with Crippen LogP contribution in [0.5, 0.6) is 0 Å². The van der Waals surface area contributed by atoms with E-state index < -0.39 is 0 Å². The van der Waals surface area contributed by atoms with Gasteiger partial charge in [-0.25, -0.2) is 9.97 Å². The number of carbonyl (C=O) groups is 1. The number of rotatable bonds is 6. The second kappa shape index (κ2) is 8.20. The summed E-state index contributed by atoms with van der Waals surface area (Å²) in [7, 11) is 0. The number of hydrogen-bond donors (Lipinski definition) is 2. The summed E-state index contributed by atoms with van der Waals surface area (Å²) in [6.07, 6.45) is 4.99. The highest BCUT2D eigenvalue weighted by molar-refractivity contribution is 5.92. The molecule has 0 spiro atoms. The Bertz CT molecular complexity index is 880. The molecule has 6 heteroatoms. The fourth-order valence-electron chi connectivity index (χ4n) is 2.56. The number of aromatic nitrogens is 3.